The van der Waals surface area contributed by atoms with Gasteiger partial charge in [-0.3, -0.25) is 4.98 Å². The third kappa shape index (κ3) is 2.32. The van der Waals surface area contributed by atoms with Gasteiger partial charge < -0.3 is 5.11 Å². The van der Waals surface area contributed by atoms with Crippen molar-refractivity contribution in [2.75, 3.05) is 0 Å². The van der Waals surface area contributed by atoms with E-state index in [4.69, 9.17) is 0 Å². The number of aliphatic hydroxyl groups is 1. The van der Waals surface area contributed by atoms with Crippen molar-refractivity contribution in [2.24, 2.45) is 0 Å². The molecule has 2 heteroatoms. The van der Waals surface area contributed by atoms with Gasteiger partial charge in [0.2, 0.25) is 0 Å². The van der Waals surface area contributed by atoms with Crippen LogP contribution in [0, 0.1) is 0 Å². The van der Waals surface area contributed by atoms with E-state index in [2.05, 4.69) is 17.1 Å². The average Bonchev–Trinajstić information content (AvgIpc) is 3.39. The molecule has 1 aliphatic carbocycles. The molecule has 1 aliphatic rings. The van der Waals surface area contributed by atoms with Crippen LogP contribution in [0.2, 0.25) is 0 Å². The van der Waals surface area contributed by atoms with Crippen molar-refractivity contribution in [1.82, 2.24) is 4.98 Å². The van der Waals surface area contributed by atoms with E-state index in [1.54, 1.807) is 6.20 Å². The standard InChI is InChI=1S/C19H17NO/c21-19(16-10-8-14(9-11-16)13-6-7-13)17-5-1-3-15-4-2-12-20-18(15)17/h1-5,8-13,19,21H,6-7H2. The SMILES string of the molecule is OC(c1ccc(C2CC2)cc1)c1cccc2cccnc12. The van der Waals surface area contributed by atoms with Gasteiger partial charge in [0.25, 0.3) is 0 Å². The van der Waals surface area contributed by atoms with Gasteiger partial charge in [0.15, 0.2) is 0 Å². The number of nitrogens with zero attached hydrogens (tertiary/aromatic N) is 1. The van der Waals surface area contributed by atoms with Crippen molar-refractivity contribution < 1.29 is 5.11 Å². The molecule has 2 nitrogen and oxygen atoms in total. The van der Waals surface area contributed by atoms with Crippen molar-refractivity contribution >= 4 is 10.9 Å². The Labute approximate surface area is 124 Å². The van der Waals surface area contributed by atoms with Crippen LogP contribution in [0.1, 0.15) is 41.6 Å². The summed E-state index contributed by atoms with van der Waals surface area (Å²) in [6.07, 6.45) is 3.75. The summed E-state index contributed by atoms with van der Waals surface area (Å²) in [4.78, 5) is 4.42. The fourth-order valence-corrected chi connectivity index (χ4v) is 2.90. The predicted octanol–water partition coefficient (Wildman–Crippen LogP) is 4.19. The number of fused-ring (bicyclic) bond motifs is 1. The maximum atomic E-state index is 10.7. The Balaban J connectivity index is 1.73. The lowest BCUT2D eigenvalue weighted by Gasteiger charge is -2.14. The smallest absolute Gasteiger partial charge is 0.106 e. The first-order valence-electron chi connectivity index (χ1n) is 7.44. The number of para-hydroxylation sites is 1. The fraction of sp³-hybridized carbons (Fsp3) is 0.211. The second-order valence-electron chi connectivity index (χ2n) is 5.77. The second-order valence-corrected chi connectivity index (χ2v) is 5.77. The molecule has 0 bridgehead atoms. The largest absolute Gasteiger partial charge is 0.384 e. The van der Waals surface area contributed by atoms with Crippen LogP contribution in [0.25, 0.3) is 10.9 Å². The van der Waals surface area contributed by atoms with Gasteiger partial charge in [0.05, 0.1) is 5.52 Å². The van der Waals surface area contributed by atoms with Crippen LogP contribution in [-0.2, 0) is 0 Å². The molecule has 104 valence electrons. The number of aliphatic hydroxyl groups excluding tert-OH is 1. The van der Waals surface area contributed by atoms with Crippen LogP contribution in [0.5, 0.6) is 0 Å². The quantitative estimate of drug-likeness (QED) is 0.777. The molecule has 0 spiro atoms. The highest BCUT2D eigenvalue weighted by molar-refractivity contribution is 5.82. The number of hydrogen-bond acceptors (Lipinski definition) is 2. The molecule has 1 N–H and O–H groups in total. The van der Waals surface area contributed by atoms with Gasteiger partial charge in [-0.15, -0.1) is 0 Å². The van der Waals surface area contributed by atoms with E-state index in [0.29, 0.717) is 0 Å². The molecular formula is C19H17NO. The zero-order valence-corrected chi connectivity index (χ0v) is 11.7. The molecule has 1 aromatic heterocycles. The van der Waals surface area contributed by atoms with Crippen LogP contribution in [0.3, 0.4) is 0 Å². The van der Waals surface area contributed by atoms with Crippen LogP contribution >= 0.6 is 0 Å². The molecular weight excluding hydrogens is 258 g/mol. The molecule has 1 atom stereocenters. The molecule has 0 saturated heterocycles. The average molecular weight is 275 g/mol. The maximum Gasteiger partial charge on any atom is 0.106 e. The summed E-state index contributed by atoms with van der Waals surface area (Å²) in [7, 11) is 0. The Kier molecular flexibility index (Phi) is 2.97. The highest BCUT2D eigenvalue weighted by Crippen LogP contribution is 2.40. The van der Waals surface area contributed by atoms with Crippen LogP contribution in [-0.4, -0.2) is 10.1 Å². The lowest BCUT2D eigenvalue weighted by molar-refractivity contribution is 0.221. The van der Waals surface area contributed by atoms with E-state index < -0.39 is 6.10 Å². The van der Waals surface area contributed by atoms with E-state index in [1.807, 2.05) is 42.5 Å². The van der Waals surface area contributed by atoms with Gasteiger partial charge in [-0.25, -0.2) is 0 Å². The second kappa shape index (κ2) is 4.97. The first kappa shape index (κ1) is 12.5. The Morgan fingerprint density at radius 2 is 1.71 bits per heavy atom. The monoisotopic (exact) mass is 275 g/mol. The third-order valence-electron chi connectivity index (χ3n) is 4.26. The molecule has 1 fully saturated rings. The molecule has 0 aliphatic heterocycles. The molecule has 21 heavy (non-hydrogen) atoms. The first-order valence-corrected chi connectivity index (χ1v) is 7.44. The summed E-state index contributed by atoms with van der Waals surface area (Å²) in [5.74, 6) is 0.746. The van der Waals surface area contributed by atoms with E-state index >= 15 is 0 Å². The van der Waals surface area contributed by atoms with Gasteiger partial charge in [-0.2, -0.15) is 0 Å². The molecule has 0 amide bonds. The Morgan fingerprint density at radius 1 is 0.952 bits per heavy atom. The van der Waals surface area contributed by atoms with Crippen LogP contribution in [0.4, 0.5) is 0 Å². The normalized spacial score (nSPS) is 16.0. The number of benzene rings is 2. The summed E-state index contributed by atoms with van der Waals surface area (Å²) in [5, 5.41) is 11.8. The summed E-state index contributed by atoms with van der Waals surface area (Å²) in [6, 6.07) is 18.3. The van der Waals surface area contributed by atoms with Gasteiger partial charge in [-0.1, -0.05) is 48.5 Å². The van der Waals surface area contributed by atoms with Crippen molar-refractivity contribution in [3.05, 3.63) is 77.5 Å². The Bertz CT molecular complexity index is 770. The first-order chi connectivity index (χ1) is 10.3. The van der Waals surface area contributed by atoms with Gasteiger partial charge in [0.1, 0.15) is 6.10 Å². The highest BCUT2D eigenvalue weighted by atomic mass is 16.3. The minimum Gasteiger partial charge on any atom is -0.384 e. The fourth-order valence-electron chi connectivity index (χ4n) is 2.90. The highest BCUT2D eigenvalue weighted by Gasteiger charge is 2.23. The van der Waals surface area contributed by atoms with E-state index in [-0.39, 0.29) is 0 Å². The summed E-state index contributed by atoms with van der Waals surface area (Å²) in [5.41, 5.74) is 4.06. The molecule has 2 aromatic carbocycles. The molecule has 1 heterocycles. The predicted molar refractivity (Wildman–Crippen MR) is 84.2 cm³/mol. The summed E-state index contributed by atoms with van der Waals surface area (Å²) >= 11 is 0. The van der Waals surface area contributed by atoms with E-state index in [0.717, 1.165) is 27.9 Å². The minimum atomic E-state index is -0.628. The Morgan fingerprint density at radius 3 is 2.48 bits per heavy atom. The number of rotatable bonds is 3. The number of hydrogen-bond donors (Lipinski definition) is 1. The lowest BCUT2D eigenvalue weighted by atomic mass is 9.97. The molecule has 4 rings (SSSR count). The topological polar surface area (TPSA) is 33.1 Å². The zero-order chi connectivity index (χ0) is 14.2. The Hall–Kier alpha value is -2.19. The van der Waals surface area contributed by atoms with E-state index in [1.165, 1.54) is 18.4 Å². The van der Waals surface area contributed by atoms with Crippen molar-refractivity contribution in [3.8, 4) is 0 Å². The van der Waals surface area contributed by atoms with Crippen LogP contribution < -0.4 is 0 Å². The minimum absolute atomic E-state index is 0.628. The lowest BCUT2D eigenvalue weighted by Crippen LogP contribution is -2.01. The van der Waals surface area contributed by atoms with Gasteiger partial charge in [0, 0.05) is 17.1 Å². The number of aromatic nitrogens is 1. The van der Waals surface area contributed by atoms with Gasteiger partial charge >= 0.3 is 0 Å². The molecule has 0 radical (unpaired) electrons. The molecule has 1 unspecified atom stereocenters. The number of pyridine rings is 1. The van der Waals surface area contributed by atoms with Crippen molar-refractivity contribution in [1.29, 1.82) is 0 Å². The molecule has 1 saturated carbocycles. The summed E-state index contributed by atoms with van der Waals surface area (Å²) in [6.45, 7) is 0. The zero-order valence-electron chi connectivity index (χ0n) is 11.7. The molecule has 3 aromatic rings. The third-order valence-corrected chi connectivity index (χ3v) is 4.26. The van der Waals surface area contributed by atoms with Crippen molar-refractivity contribution in [2.45, 2.75) is 24.9 Å². The van der Waals surface area contributed by atoms with Gasteiger partial charge in [-0.05, 0) is 36.0 Å². The maximum absolute atomic E-state index is 10.7. The summed E-state index contributed by atoms with van der Waals surface area (Å²) < 4.78 is 0. The van der Waals surface area contributed by atoms with Crippen molar-refractivity contribution in [3.63, 3.8) is 0 Å². The van der Waals surface area contributed by atoms with Crippen LogP contribution in [0.15, 0.2) is 60.8 Å². The van der Waals surface area contributed by atoms with E-state index in [9.17, 15) is 5.11 Å².